The first-order chi connectivity index (χ1) is 10.2. The molecule has 0 unspecified atom stereocenters. The molecule has 2 fully saturated rings. The third-order valence-electron chi connectivity index (χ3n) is 3.93. The van der Waals surface area contributed by atoms with Crippen LogP contribution in [-0.4, -0.2) is 43.0 Å². The Labute approximate surface area is 129 Å². The second kappa shape index (κ2) is 6.22. The van der Waals surface area contributed by atoms with Gasteiger partial charge in [-0.15, -0.1) is 0 Å². The lowest BCUT2D eigenvalue weighted by atomic mass is 10.0. The first-order valence-corrected chi connectivity index (χ1v) is 7.64. The van der Waals surface area contributed by atoms with Crippen LogP contribution in [0, 0.1) is 0 Å². The van der Waals surface area contributed by atoms with E-state index in [0.29, 0.717) is 18.1 Å². The summed E-state index contributed by atoms with van der Waals surface area (Å²) in [7, 11) is 0. The molecule has 0 aromatic heterocycles. The van der Waals surface area contributed by atoms with Crippen LogP contribution < -0.4 is 5.32 Å². The van der Waals surface area contributed by atoms with Crippen LogP contribution in [0.5, 0.6) is 0 Å². The van der Waals surface area contributed by atoms with E-state index in [-0.39, 0.29) is 6.03 Å². The zero-order chi connectivity index (χ0) is 14.7. The van der Waals surface area contributed by atoms with Crippen molar-refractivity contribution in [1.82, 2.24) is 4.90 Å². The maximum absolute atomic E-state index is 12.2. The number of hydrogen-bond donors (Lipinski definition) is 1. The summed E-state index contributed by atoms with van der Waals surface area (Å²) in [6.45, 7) is 2.77. The number of anilines is 1. The maximum atomic E-state index is 12.2. The van der Waals surface area contributed by atoms with Crippen molar-refractivity contribution in [2.75, 3.05) is 31.6 Å². The van der Waals surface area contributed by atoms with Crippen molar-refractivity contribution in [3.63, 3.8) is 0 Å². The summed E-state index contributed by atoms with van der Waals surface area (Å²) < 4.78 is 11.5. The summed E-state index contributed by atoms with van der Waals surface area (Å²) in [6.07, 6.45) is 2.39. The number of ether oxygens (including phenoxy) is 2. The lowest BCUT2D eigenvalue weighted by Gasteiger charge is -2.43. The first kappa shape index (κ1) is 14.6. The Hall–Kier alpha value is -1.30. The van der Waals surface area contributed by atoms with Gasteiger partial charge in [-0.1, -0.05) is 11.6 Å². The number of likely N-dealkylation sites (tertiary alicyclic amines) is 1. The lowest BCUT2D eigenvalue weighted by Crippen LogP contribution is -2.52. The van der Waals surface area contributed by atoms with E-state index < -0.39 is 5.79 Å². The third kappa shape index (κ3) is 3.48. The Balaban J connectivity index is 1.54. The van der Waals surface area contributed by atoms with Gasteiger partial charge in [-0.25, -0.2) is 4.79 Å². The average molecular weight is 311 g/mol. The van der Waals surface area contributed by atoms with Crippen LogP contribution in [0.15, 0.2) is 24.3 Å². The zero-order valence-corrected chi connectivity index (χ0v) is 12.6. The molecular weight excluding hydrogens is 292 g/mol. The fraction of sp³-hybridized carbons (Fsp3) is 0.533. The number of piperidine rings is 1. The van der Waals surface area contributed by atoms with Crippen LogP contribution in [0.25, 0.3) is 0 Å². The quantitative estimate of drug-likeness (QED) is 0.867. The summed E-state index contributed by atoms with van der Waals surface area (Å²) >= 11 is 5.83. The zero-order valence-electron chi connectivity index (χ0n) is 11.8. The van der Waals surface area contributed by atoms with Gasteiger partial charge in [-0.2, -0.15) is 0 Å². The van der Waals surface area contributed by atoms with E-state index in [1.54, 1.807) is 29.2 Å². The van der Waals surface area contributed by atoms with Gasteiger partial charge in [0.1, 0.15) is 0 Å². The highest BCUT2D eigenvalue weighted by atomic mass is 35.5. The first-order valence-electron chi connectivity index (χ1n) is 7.26. The van der Waals surface area contributed by atoms with Crippen molar-refractivity contribution in [1.29, 1.82) is 0 Å². The van der Waals surface area contributed by atoms with E-state index in [1.165, 1.54) is 0 Å². The van der Waals surface area contributed by atoms with E-state index in [0.717, 1.165) is 38.2 Å². The van der Waals surface area contributed by atoms with E-state index in [4.69, 9.17) is 21.1 Å². The van der Waals surface area contributed by atoms with E-state index in [1.807, 2.05) is 0 Å². The van der Waals surface area contributed by atoms with Crippen LogP contribution in [0.3, 0.4) is 0 Å². The number of carbonyl (C=O) groups is 1. The number of rotatable bonds is 1. The van der Waals surface area contributed by atoms with Crippen molar-refractivity contribution in [3.05, 3.63) is 29.3 Å². The molecule has 2 heterocycles. The van der Waals surface area contributed by atoms with Gasteiger partial charge in [-0.3, -0.25) is 0 Å². The molecule has 21 heavy (non-hydrogen) atoms. The predicted molar refractivity (Wildman–Crippen MR) is 80.5 cm³/mol. The molecule has 2 aliphatic heterocycles. The van der Waals surface area contributed by atoms with Gasteiger partial charge in [-0.05, 0) is 30.7 Å². The second-order valence-electron chi connectivity index (χ2n) is 5.39. The number of carbonyl (C=O) groups excluding carboxylic acids is 1. The molecule has 2 amide bonds. The van der Waals surface area contributed by atoms with Crippen molar-refractivity contribution >= 4 is 23.3 Å². The number of benzene rings is 1. The minimum absolute atomic E-state index is 0.0945. The predicted octanol–water partition coefficient (Wildman–Crippen LogP) is 3.10. The molecule has 1 spiro atoms. The second-order valence-corrected chi connectivity index (χ2v) is 5.82. The van der Waals surface area contributed by atoms with Crippen molar-refractivity contribution < 1.29 is 14.3 Å². The summed E-state index contributed by atoms with van der Waals surface area (Å²) in [6, 6.07) is 7.00. The molecule has 0 atom stereocenters. The number of hydrogen-bond acceptors (Lipinski definition) is 3. The SMILES string of the molecule is O=C(Nc1ccc(Cl)cc1)N1CCC2(CC1)OCCCO2. The number of urea groups is 1. The monoisotopic (exact) mass is 310 g/mol. The minimum Gasteiger partial charge on any atom is -0.350 e. The van der Waals surface area contributed by atoms with Gasteiger partial charge in [0.2, 0.25) is 0 Å². The van der Waals surface area contributed by atoms with Crippen LogP contribution in [-0.2, 0) is 9.47 Å². The topological polar surface area (TPSA) is 50.8 Å². The molecule has 114 valence electrons. The van der Waals surface area contributed by atoms with Gasteiger partial charge >= 0.3 is 6.03 Å². The molecule has 3 rings (SSSR count). The molecule has 1 aromatic rings. The molecular formula is C15H19ClN2O3. The molecule has 0 radical (unpaired) electrons. The summed E-state index contributed by atoms with van der Waals surface area (Å²) in [5, 5.41) is 3.53. The van der Waals surface area contributed by atoms with Crippen LogP contribution >= 0.6 is 11.6 Å². The minimum atomic E-state index is -0.463. The largest absolute Gasteiger partial charge is 0.350 e. The van der Waals surface area contributed by atoms with Crippen LogP contribution in [0.4, 0.5) is 10.5 Å². The Morgan fingerprint density at radius 3 is 2.38 bits per heavy atom. The number of halogens is 1. The Bertz CT molecular complexity index is 490. The standard InChI is InChI=1S/C15H19ClN2O3/c16-12-2-4-13(5-3-12)17-14(19)18-8-6-15(7-9-18)20-10-1-11-21-15/h2-5H,1,6-11H2,(H,17,19). The van der Waals surface area contributed by atoms with Gasteiger partial charge in [0, 0.05) is 36.6 Å². The highest BCUT2D eigenvalue weighted by molar-refractivity contribution is 6.30. The smallest absolute Gasteiger partial charge is 0.321 e. The molecule has 0 aliphatic carbocycles. The molecule has 1 N–H and O–H groups in total. The Morgan fingerprint density at radius 1 is 1.14 bits per heavy atom. The summed E-state index contributed by atoms with van der Waals surface area (Å²) in [5.41, 5.74) is 0.745. The van der Waals surface area contributed by atoms with E-state index in [2.05, 4.69) is 5.32 Å². The number of amides is 2. The highest BCUT2D eigenvalue weighted by Gasteiger charge is 2.39. The van der Waals surface area contributed by atoms with E-state index in [9.17, 15) is 4.79 Å². The van der Waals surface area contributed by atoms with Gasteiger partial charge < -0.3 is 19.7 Å². The molecule has 0 saturated carbocycles. The summed E-state index contributed by atoms with van der Waals surface area (Å²) in [5.74, 6) is -0.463. The molecule has 6 heteroatoms. The van der Waals surface area contributed by atoms with E-state index >= 15 is 0 Å². The molecule has 0 bridgehead atoms. The van der Waals surface area contributed by atoms with Gasteiger partial charge in [0.25, 0.3) is 0 Å². The number of nitrogens with zero attached hydrogens (tertiary/aromatic N) is 1. The highest BCUT2D eigenvalue weighted by Crippen LogP contribution is 2.30. The molecule has 2 aliphatic rings. The molecule has 1 aromatic carbocycles. The average Bonchev–Trinajstić information content (AvgIpc) is 2.51. The molecule has 2 saturated heterocycles. The van der Waals surface area contributed by atoms with Gasteiger partial charge in [0.05, 0.1) is 13.2 Å². The fourth-order valence-corrected chi connectivity index (χ4v) is 2.82. The normalized spacial score (nSPS) is 21.3. The lowest BCUT2D eigenvalue weighted by molar-refractivity contribution is -0.281. The summed E-state index contributed by atoms with van der Waals surface area (Å²) in [4.78, 5) is 14.0. The van der Waals surface area contributed by atoms with Crippen LogP contribution in [0.2, 0.25) is 5.02 Å². The van der Waals surface area contributed by atoms with Crippen molar-refractivity contribution in [3.8, 4) is 0 Å². The third-order valence-corrected chi connectivity index (χ3v) is 4.18. The van der Waals surface area contributed by atoms with Crippen LogP contribution in [0.1, 0.15) is 19.3 Å². The maximum Gasteiger partial charge on any atom is 0.321 e. The van der Waals surface area contributed by atoms with Crippen molar-refractivity contribution in [2.45, 2.75) is 25.0 Å². The Morgan fingerprint density at radius 2 is 1.76 bits per heavy atom. The molecule has 5 nitrogen and oxygen atoms in total. The number of nitrogens with one attached hydrogen (secondary N) is 1. The Kier molecular flexibility index (Phi) is 4.33. The fourth-order valence-electron chi connectivity index (χ4n) is 2.69. The van der Waals surface area contributed by atoms with Crippen molar-refractivity contribution in [2.24, 2.45) is 0 Å². The van der Waals surface area contributed by atoms with Gasteiger partial charge in [0.15, 0.2) is 5.79 Å².